The molecule has 0 aromatic heterocycles. The van der Waals surface area contributed by atoms with Crippen molar-refractivity contribution in [3.05, 3.63) is 30.0 Å². The number of hydrogen-bond acceptors (Lipinski definition) is 0. The fourth-order valence-corrected chi connectivity index (χ4v) is 0.340. The van der Waals surface area contributed by atoms with E-state index in [0.29, 0.717) is 0 Å². The van der Waals surface area contributed by atoms with E-state index in [1.165, 1.54) is 3.81 Å². The third-order valence-corrected chi connectivity index (χ3v) is 0.586. The first-order valence-corrected chi connectivity index (χ1v) is 5.50. The van der Waals surface area contributed by atoms with Crippen molar-refractivity contribution in [1.29, 1.82) is 0 Å². The van der Waals surface area contributed by atoms with Crippen molar-refractivity contribution in [2.75, 3.05) is 0 Å². The predicted octanol–water partition coefficient (Wildman–Crippen LogP) is -2.10. The van der Waals surface area contributed by atoms with Crippen molar-refractivity contribution < 1.29 is 44.8 Å². The van der Waals surface area contributed by atoms with Crippen LogP contribution in [0.15, 0.2) is 18.2 Å². The van der Waals surface area contributed by atoms with Crippen molar-refractivity contribution >= 4 is 3.81 Å². The molecule has 0 bridgehead atoms. The Hall–Kier alpha value is 0.604. The van der Waals surface area contributed by atoms with Crippen LogP contribution in [-0.4, -0.2) is 9.35 Å². The first kappa shape index (κ1) is 25.4. The molecule has 1 N–H and O–H groups in total. The Bertz CT molecular complexity index is 186. The van der Waals surface area contributed by atoms with Gasteiger partial charge < -0.3 is 30.5 Å². The summed E-state index contributed by atoms with van der Waals surface area (Å²) in [6, 6.07) is 0. The summed E-state index contributed by atoms with van der Waals surface area (Å²) in [4.78, 5) is 0. The molecule has 0 aliphatic heterocycles. The Kier molecular flexibility index (Phi) is 24.8. The van der Waals surface area contributed by atoms with Gasteiger partial charge in [-0.1, -0.05) is 20.8 Å². The number of allylic oxidation sites excluding steroid dienone is 4. The SMILES string of the molecule is CC(C)(C)[NH-].C[C](C)=[Ti+2].[C-]1=CC=CC1.[Cl-].[Cl-]. The van der Waals surface area contributed by atoms with Crippen molar-refractivity contribution in [3.8, 4) is 0 Å². The van der Waals surface area contributed by atoms with Gasteiger partial charge in [-0.05, 0) is 0 Å². The molecule has 0 unspecified atom stereocenters. The maximum Gasteiger partial charge on any atom is -0.109 e. The average molecular weight is 298 g/mol. The van der Waals surface area contributed by atoms with Gasteiger partial charge in [0.25, 0.3) is 0 Å². The summed E-state index contributed by atoms with van der Waals surface area (Å²) in [5, 5.41) is 0. The van der Waals surface area contributed by atoms with E-state index in [1.807, 2.05) is 32.9 Å². The molecule has 0 heterocycles. The minimum atomic E-state index is -0.250. The van der Waals surface area contributed by atoms with E-state index in [-0.39, 0.29) is 30.4 Å². The predicted molar refractivity (Wildman–Crippen MR) is 62.0 cm³/mol. The van der Waals surface area contributed by atoms with Crippen molar-refractivity contribution in [2.24, 2.45) is 0 Å². The van der Waals surface area contributed by atoms with Gasteiger partial charge in [-0.3, -0.25) is 6.08 Å². The van der Waals surface area contributed by atoms with Gasteiger partial charge in [0.2, 0.25) is 0 Å². The molecule has 1 rings (SSSR count). The van der Waals surface area contributed by atoms with Gasteiger partial charge in [0.15, 0.2) is 0 Å². The second-order valence-electron chi connectivity index (χ2n) is 4.25. The molecule has 94 valence electrons. The Balaban J connectivity index is -0.0000000641. The maximum atomic E-state index is 6.94. The molecule has 0 atom stereocenters. The first-order valence-electron chi connectivity index (χ1n) is 4.72. The van der Waals surface area contributed by atoms with Crippen LogP contribution >= 0.6 is 0 Å². The summed E-state index contributed by atoms with van der Waals surface area (Å²) >= 11 is 2.08. The largest absolute Gasteiger partial charge is 1.00 e. The molecule has 4 heteroatoms. The number of nitrogens with one attached hydrogen (secondary N) is 1. The van der Waals surface area contributed by atoms with Crippen LogP contribution in [0.1, 0.15) is 41.0 Å². The molecule has 0 radical (unpaired) electrons. The van der Waals surface area contributed by atoms with Crippen LogP contribution in [-0.2, 0) is 20.0 Å². The normalized spacial score (nSPS) is 11.0. The molecule has 0 fully saturated rings. The Labute approximate surface area is 125 Å². The first-order chi connectivity index (χ1) is 6.23. The van der Waals surface area contributed by atoms with Crippen molar-refractivity contribution in [1.82, 2.24) is 0 Å². The summed E-state index contributed by atoms with van der Waals surface area (Å²) in [7, 11) is 0. The monoisotopic (exact) mass is 297 g/mol. The fourth-order valence-electron chi connectivity index (χ4n) is 0.340. The van der Waals surface area contributed by atoms with Crippen LogP contribution in [0, 0.1) is 6.08 Å². The molecule has 0 saturated carbocycles. The van der Waals surface area contributed by atoms with Gasteiger partial charge in [0.05, 0.1) is 0 Å². The summed E-state index contributed by atoms with van der Waals surface area (Å²) in [6.07, 6.45) is 10.0. The van der Waals surface area contributed by atoms with E-state index >= 15 is 0 Å². The summed E-state index contributed by atoms with van der Waals surface area (Å²) in [5.74, 6) is 0. The smallest absolute Gasteiger partial charge is 0.109 e. The summed E-state index contributed by atoms with van der Waals surface area (Å²) in [6.45, 7) is 9.73. The Morgan fingerprint density at radius 2 is 1.56 bits per heavy atom. The zero-order chi connectivity index (χ0) is 11.6. The molecule has 0 saturated heterocycles. The van der Waals surface area contributed by atoms with Crippen LogP contribution in [0.3, 0.4) is 0 Å². The van der Waals surface area contributed by atoms with Crippen molar-refractivity contribution in [2.45, 2.75) is 46.6 Å². The van der Waals surface area contributed by atoms with E-state index < -0.39 is 0 Å². The van der Waals surface area contributed by atoms with E-state index in [4.69, 9.17) is 5.73 Å². The zero-order valence-electron chi connectivity index (χ0n) is 10.7. The van der Waals surface area contributed by atoms with E-state index in [0.717, 1.165) is 6.42 Å². The molecule has 1 aliphatic carbocycles. The zero-order valence-corrected chi connectivity index (χ0v) is 13.8. The molecular weight excluding hydrogens is 277 g/mol. The number of rotatable bonds is 0. The third kappa shape index (κ3) is 86.1. The van der Waals surface area contributed by atoms with E-state index in [1.54, 1.807) is 0 Å². The quantitative estimate of drug-likeness (QED) is 0.361. The van der Waals surface area contributed by atoms with Gasteiger partial charge in [0.1, 0.15) is 0 Å². The van der Waals surface area contributed by atoms with Gasteiger partial charge >= 0.3 is 37.6 Å². The average Bonchev–Trinajstić information content (AvgIpc) is 2.32. The molecule has 0 aromatic rings. The standard InChI is InChI=1S/C5H5.C4H10N.C3H6.2ClH.Ti/c1-2-4-5-3-1;1-4(2,3)5;1-3-2;;;/h1-3H,4H2;5H,1-3H3;1-2H3;2*1H;/q2*-1;;;;+2/p-2. The number of halogens is 2. The molecular formula is C12H21Cl2NTi-2. The fraction of sp³-hybridized carbons (Fsp3) is 0.583. The molecule has 0 amide bonds. The second-order valence-corrected chi connectivity index (χ2v) is 5.81. The van der Waals surface area contributed by atoms with Gasteiger partial charge in [-0.2, -0.15) is 6.08 Å². The summed E-state index contributed by atoms with van der Waals surface area (Å²) in [5.41, 5.74) is 6.69. The summed E-state index contributed by atoms with van der Waals surface area (Å²) < 4.78 is 1.42. The molecule has 0 spiro atoms. The van der Waals surface area contributed by atoms with Gasteiger partial charge in [-0.15, -0.1) is 12.0 Å². The minimum absolute atomic E-state index is 0. The van der Waals surface area contributed by atoms with Crippen LogP contribution < -0.4 is 24.8 Å². The van der Waals surface area contributed by atoms with Gasteiger partial charge in [0, 0.05) is 0 Å². The minimum Gasteiger partial charge on any atom is -1.00 e. The van der Waals surface area contributed by atoms with Crippen LogP contribution in [0.4, 0.5) is 0 Å². The Morgan fingerprint density at radius 3 is 1.62 bits per heavy atom. The molecule has 1 aliphatic rings. The van der Waals surface area contributed by atoms with E-state index in [9.17, 15) is 0 Å². The Morgan fingerprint density at radius 1 is 1.25 bits per heavy atom. The van der Waals surface area contributed by atoms with Crippen molar-refractivity contribution in [3.63, 3.8) is 0 Å². The molecule has 16 heavy (non-hydrogen) atoms. The van der Waals surface area contributed by atoms with Gasteiger partial charge in [-0.25, -0.2) is 12.2 Å². The molecule has 1 nitrogen and oxygen atoms in total. The van der Waals surface area contributed by atoms with Crippen LogP contribution in [0.5, 0.6) is 0 Å². The number of hydrogen-bond donors (Lipinski definition) is 0. The maximum absolute atomic E-state index is 6.94. The van der Waals surface area contributed by atoms with Crippen LogP contribution in [0.25, 0.3) is 5.73 Å². The third-order valence-electron chi connectivity index (χ3n) is 0.586. The second kappa shape index (κ2) is 15.6. The topological polar surface area (TPSA) is 23.8 Å². The van der Waals surface area contributed by atoms with E-state index in [2.05, 4.69) is 46.0 Å². The molecule has 0 aromatic carbocycles. The van der Waals surface area contributed by atoms with Crippen LogP contribution in [0.2, 0.25) is 0 Å².